The first-order valence-corrected chi connectivity index (χ1v) is 8.21. The molecule has 3 nitrogen and oxygen atoms in total. The standard InChI is InChI=1S/C20H14O3S/c21-18(15-7-9-16(10-8-15)20(22)23)11-6-14-3-1-4-17(13-14)19-5-2-12-24-19/h1-13H,(H,22,23)/b11-6+. The summed E-state index contributed by atoms with van der Waals surface area (Å²) in [4.78, 5) is 24.2. The molecule has 2 aromatic carbocycles. The number of carbonyl (C=O) groups is 2. The third-order valence-corrected chi connectivity index (χ3v) is 4.45. The third kappa shape index (κ3) is 3.67. The van der Waals surface area contributed by atoms with Crippen LogP contribution in [-0.4, -0.2) is 16.9 Å². The maximum absolute atomic E-state index is 12.2. The second kappa shape index (κ2) is 7.06. The molecule has 0 saturated carbocycles. The van der Waals surface area contributed by atoms with Crippen LogP contribution in [0, 0.1) is 0 Å². The summed E-state index contributed by atoms with van der Waals surface area (Å²) in [5.74, 6) is -1.16. The van der Waals surface area contributed by atoms with Crippen molar-refractivity contribution >= 4 is 29.2 Å². The van der Waals surface area contributed by atoms with Crippen LogP contribution >= 0.6 is 11.3 Å². The van der Waals surface area contributed by atoms with Gasteiger partial charge in [0.25, 0.3) is 0 Å². The van der Waals surface area contributed by atoms with E-state index in [1.165, 1.54) is 35.2 Å². The molecule has 0 unspecified atom stereocenters. The van der Waals surface area contributed by atoms with Gasteiger partial charge in [0.1, 0.15) is 0 Å². The number of rotatable bonds is 5. The van der Waals surface area contributed by atoms with E-state index in [9.17, 15) is 9.59 Å². The number of hydrogen-bond donors (Lipinski definition) is 1. The number of benzene rings is 2. The fraction of sp³-hybridized carbons (Fsp3) is 0. The Balaban J connectivity index is 1.76. The molecule has 3 rings (SSSR count). The zero-order valence-electron chi connectivity index (χ0n) is 12.7. The first-order valence-electron chi connectivity index (χ1n) is 7.33. The summed E-state index contributed by atoms with van der Waals surface area (Å²) in [6.07, 6.45) is 3.27. The summed E-state index contributed by atoms with van der Waals surface area (Å²) in [5, 5.41) is 10.9. The topological polar surface area (TPSA) is 54.4 Å². The molecule has 0 bridgehead atoms. The molecule has 1 aromatic heterocycles. The van der Waals surface area contributed by atoms with E-state index in [4.69, 9.17) is 5.11 Å². The molecule has 0 saturated heterocycles. The smallest absolute Gasteiger partial charge is 0.335 e. The van der Waals surface area contributed by atoms with Gasteiger partial charge in [-0.05, 0) is 46.8 Å². The average Bonchev–Trinajstić information content (AvgIpc) is 3.15. The molecule has 0 amide bonds. The van der Waals surface area contributed by atoms with E-state index in [1.54, 1.807) is 17.4 Å². The van der Waals surface area contributed by atoms with Gasteiger partial charge in [-0.15, -0.1) is 11.3 Å². The van der Waals surface area contributed by atoms with Crippen LogP contribution < -0.4 is 0 Å². The van der Waals surface area contributed by atoms with Crippen LogP contribution in [0.1, 0.15) is 26.3 Å². The molecule has 1 heterocycles. The van der Waals surface area contributed by atoms with Gasteiger partial charge in [-0.3, -0.25) is 4.79 Å². The molecule has 0 atom stereocenters. The van der Waals surface area contributed by atoms with Gasteiger partial charge in [0.05, 0.1) is 5.56 Å². The quantitative estimate of drug-likeness (QED) is 0.527. The molecule has 24 heavy (non-hydrogen) atoms. The van der Waals surface area contributed by atoms with Crippen LogP contribution in [-0.2, 0) is 0 Å². The molecule has 1 N–H and O–H groups in total. The lowest BCUT2D eigenvalue weighted by Crippen LogP contribution is -1.98. The second-order valence-electron chi connectivity index (χ2n) is 5.18. The molecule has 118 valence electrons. The number of hydrogen-bond acceptors (Lipinski definition) is 3. The first-order chi connectivity index (χ1) is 11.6. The summed E-state index contributed by atoms with van der Waals surface area (Å²) in [7, 11) is 0. The zero-order chi connectivity index (χ0) is 16.9. The number of carboxylic acid groups (broad SMARTS) is 1. The number of carbonyl (C=O) groups excluding carboxylic acids is 1. The Morgan fingerprint density at radius 1 is 0.917 bits per heavy atom. The lowest BCUT2D eigenvalue weighted by atomic mass is 10.1. The van der Waals surface area contributed by atoms with Crippen molar-refractivity contribution in [1.29, 1.82) is 0 Å². The molecule has 0 radical (unpaired) electrons. The van der Waals surface area contributed by atoms with Crippen LogP contribution in [0.4, 0.5) is 0 Å². The monoisotopic (exact) mass is 334 g/mol. The fourth-order valence-electron chi connectivity index (χ4n) is 2.28. The van der Waals surface area contributed by atoms with Crippen LogP contribution in [0.25, 0.3) is 16.5 Å². The Hall–Kier alpha value is -2.98. The molecule has 4 heteroatoms. The van der Waals surface area contributed by atoms with E-state index in [2.05, 4.69) is 6.07 Å². The zero-order valence-corrected chi connectivity index (χ0v) is 13.5. The molecule has 0 fully saturated rings. The summed E-state index contributed by atoms with van der Waals surface area (Å²) in [5.41, 5.74) is 2.69. The fourth-order valence-corrected chi connectivity index (χ4v) is 3.01. The molecular weight excluding hydrogens is 320 g/mol. The van der Waals surface area contributed by atoms with Crippen molar-refractivity contribution in [2.24, 2.45) is 0 Å². The first kappa shape index (κ1) is 15.9. The molecular formula is C20H14O3S. The Morgan fingerprint density at radius 3 is 2.33 bits per heavy atom. The van der Waals surface area contributed by atoms with E-state index in [0.29, 0.717) is 5.56 Å². The summed E-state index contributed by atoms with van der Waals surface area (Å²) >= 11 is 1.67. The van der Waals surface area contributed by atoms with Crippen LogP contribution in [0.3, 0.4) is 0 Å². The minimum atomic E-state index is -1.00. The van der Waals surface area contributed by atoms with Gasteiger partial charge in [-0.25, -0.2) is 4.79 Å². The Kier molecular flexibility index (Phi) is 4.68. The van der Waals surface area contributed by atoms with Crippen molar-refractivity contribution in [3.63, 3.8) is 0 Å². The van der Waals surface area contributed by atoms with E-state index in [1.807, 2.05) is 35.7 Å². The van der Waals surface area contributed by atoms with Gasteiger partial charge in [0, 0.05) is 10.4 Å². The Bertz CT molecular complexity index is 891. The highest BCUT2D eigenvalue weighted by Gasteiger charge is 2.05. The van der Waals surface area contributed by atoms with Gasteiger partial charge in [-0.1, -0.05) is 42.5 Å². The Labute approximate surface area is 143 Å². The summed E-state index contributed by atoms with van der Waals surface area (Å²) in [6.45, 7) is 0. The van der Waals surface area contributed by atoms with Crippen molar-refractivity contribution in [2.45, 2.75) is 0 Å². The maximum Gasteiger partial charge on any atom is 0.335 e. The van der Waals surface area contributed by atoms with Crippen molar-refractivity contribution in [3.8, 4) is 10.4 Å². The molecule has 0 spiro atoms. The van der Waals surface area contributed by atoms with Gasteiger partial charge in [0.2, 0.25) is 0 Å². The SMILES string of the molecule is O=C(O)c1ccc(C(=O)/C=C/c2cccc(-c3cccs3)c2)cc1. The Morgan fingerprint density at radius 2 is 1.67 bits per heavy atom. The normalized spacial score (nSPS) is 10.8. The largest absolute Gasteiger partial charge is 0.478 e. The lowest BCUT2D eigenvalue weighted by molar-refractivity contribution is 0.0696. The number of ketones is 1. The maximum atomic E-state index is 12.2. The molecule has 0 aliphatic rings. The highest BCUT2D eigenvalue weighted by atomic mass is 32.1. The van der Waals surface area contributed by atoms with E-state index >= 15 is 0 Å². The number of thiophene rings is 1. The van der Waals surface area contributed by atoms with Gasteiger partial charge in [0.15, 0.2) is 5.78 Å². The van der Waals surface area contributed by atoms with Gasteiger partial charge in [-0.2, -0.15) is 0 Å². The molecule has 0 aliphatic heterocycles. The van der Waals surface area contributed by atoms with Crippen molar-refractivity contribution in [1.82, 2.24) is 0 Å². The minimum Gasteiger partial charge on any atom is -0.478 e. The number of carboxylic acids is 1. The third-order valence-electron chi connectivity index (χ3n) is 3.54. The van der Waals surface area contributed by atoms with Crippen LogP contribution in [0.2, 0.25) is 0 Å². The van der Waals surface area contributed by atoms with Crippen molar-refractivity contribution in [2.75, 3.05) is 0 Å². The summed E-state index contributed by atoms with van der Waals surface area (Å²) in [6, 6.07) is 17.9. The highest BCUT2D eigenvalue weighted by Crippen LogP contribution is 2.25. The van der Waals surface area contributed by atoms with Crippen molar-refractivity contribution < 1.29 is 14.7 Å². The predicted octanol–water partition coefficient (Wildman–Crippen LogP) is 5.01. The van der Waals surface area contributed by atoms with Gasteiger partial charge < -0.3 is 5.11 Å². The average molecular weight is 334 g/mol. The van der Waals surface area contributed by atoms with Crippen LogP contribution in [0.15, 0.2) is 72.1 Å². The highest BCUT2D eigenvalue weighted by molar-refractivity contribution is 7.13. The molecule has 0 aliphatic carbocycles. The minimum absolute atomic E-state index is 0.159. The lowest BCUT2D eigenvalue weighted by Gasteiger charge is -2.00. The number of aromatic carboxylic acids is 1. The number of allylic oxidation sites excluding steroid dienone is 1. The summed E-state index contributed by atoms with van der Waals surface area (Å²) < 4.78 is 0. The second-order valence-corrected chi connectivity index (χ2v) is 6.13. The van der Waals surface area contributed by atoms with E-state index in [0.717, 1.165) is 11.1 Å². The predicted molar refractivity (Wildman–Crippen MR) is 96.5 cm³/mol. The van der Waals surface area contributed by atoms with E-state index < -0.39 is 5.97 Å². The van der Waals surface area contributed by atoms with Crippen molar-refractivity contribution in [3.05, 3.63) is 88.8 Å². The van der Waals surface area contributed by atoms with Gasteiger partial charge >= 0.3 is 5.97 Å². The van der Waals surface area contributed by atoms with Crippen LogP contribution in [0.5, 0.6) is 0 Å². The molecule has 3 aromatic rings. The van der Waals surface area contributed by atoms with E-state index in [-0.39, 0.29) is 11.3 Å².